The lowest BCUT2D eigenvalue weighted by atomic mass is 9.85. The molecule has 1 saturated heterocycles. The van der Waals surface area contributed by atoms with Crippen molar-refractivity contribution >= 4 is 29.4 Å². The maximum absolute atomic E-state index is 12.7. The van der Waals surface area contributed by atoms with Gasteiger partial charge in [0.1, 0.15) is 6.04 Å². The van der Waals surface area contributed by atoms with Crippen molar-refractivity contribution in [3.8, 4) is 0 Å². The van der Waals surface area contributed by atoms with Gasteiger partial charge in [0, 0.05) is 18.8 Å². The highest BCUT2D eigenvalue weighted by molar-refractivity contribution is 6.21. The molecule has 0 spiro atoms. The summed E-state index contributed by atoms with van der Waals surface area (Å²) in [7, 11) is 2.81. The predicted octanol–water partition coefficient (Wildman–Crippen LogP) is 1.66. The maximum Gasteiger partial charge on any atom is 0.323 e. The summed E-state index contributed by atoms with van der Waals surface area (Å²) >= 11 is 0. The molecule has 8 heteroatoms. The zero-order valence-corrected chi connectivity index (χ0v) is 16.6. The fourth-order valence-corrected chi connectivity index (χ4v) is 4.95. The number of amides is 3. The van der Waals surface area contributed by atoms with Crippen LogP contribution in [0.25, 0.3) is 0 Å². The molecule has 0 radical (unpaired) electrons. The van der Waals surface area contributed by atoms with E-state index in [9.17, 15) is 19.2 Å². The SMILES string of the molecule is COC(=O)C1CC2CCCCC2N1CC(=O)Nc1ccc2c(c1)C(=O)N(C)C2=O. The van der Waals surface area contributed by atoms with E-state index in [1.807, 2.05) is 4.90 Å². The van der Waals surface area contributed by atoms with Crippen molar-refractivity contribution in [1.29, 1.82) is 0 Å². The molecule has 1 aromatic carbocycles. The first-order valence-corrected chi connectivity index (χ1v) is 10.0. The highest BCUT2D eigenvalue weighted by Gasteiger charge is 2.46. The summed E-state index contributed by atoms with van der Waals surface area (Å²) in [6.45, 7) is 0.0881. The molecule has 1 saturated carbocycles. The van der Waals surface area contributed by atoms with Crippen molar-refractivity contribution in [1.82, 2.24) is 9.80 Å². The van der Waals surface area contributed by atoms with Crippen LogP contribution in [0.1, 0.15) is 52.8 Å². The number of fused-ring (bicyclic) bond motifs is 2. The van der Waals surface area contributed by atoms with Gasteiger partial charge in [-0.1, -0.05) is 12.8 Å². The minimum absolute atomic E-state index is 0.0881. The molecule has 1 aromatic rings. The van der Waals surface area contributed by atoms with Crippen molar-refractivity contribution in [2.45, 2.75) is 44.2 Å². The minimum atomic E-state index is -0.397. The largest absolute Gasteiger partial charge is 0.468 e. The molecule has 2 aliphatic heterocycles. The Bertz CT molecular complexity index is 883. The first-order chi connectivity index (χ1) is 13.9. The molecule has 1 aliphatic carbocycles. The van der Waals surface area contributed by atoms with E-state index in [0.29, 0.717) is 17.2 Å². The molecule has 3 aliphatic rings. The number of nitrogens with one attached hydrogen (secondary N) is 1. The second-order valence-electron chi connectivity index (χ2n) is 8.04. The van der Waals surface area contributed by atoms with Crippen LogP contribution in [0, 0.1) is 5.92 Å². The lowest BCUT2D eigenvalue weighted by Gasteiger charge is -2.32. The first kappa shape index (κ1) is 19.6. The maximum atomic E-state index is 12.7. The number of likely N-dealkylation sites (tertiary alicyclic amines) is 1. The third-order valence-electron chi connectivity index (χ3n) is 6.39. The third kappa shape index (κ3) is 3.42. The Morgan fingerprint density at radius 3 is 2.62 bits per heavy atom. The molecule has 29 heavy (non-hydrogen) atoms. The highest BCUT2D eigenvalue weighted by atomic mass is 16.5. The quantitative estimate of drug-likeness (QED) is 0.611. The normalized spacial score (nSPS) is 26.3. The van der Waals surface area contributed by atoms with Crippen LogP contribution in [-0.2, 0) is 14.3 Å². The average Bonchev–Trinajstić information content (AvgIpc) is 3.19. The lowest BCUT2D eigenvalue weighted by molar-refractivity contribution is -0.146. The van der Waals surface area contributed by atoms with Gasteiger partial charge in [0.15, 0.2) is 0 Å². The summed E-state index contributed by atoms with van der Waals surface area (Å²) in [6.07, 6.45) is 5.04. The van der Waals surface area contributed by atoms with E-state index in [1.165, 1.54) is 20.2 Å². The van der Waals surface area contributed by atoms with Crippen molar-refractivity contribution in [3.63, 3.8) is 0 Å². The van der Waals surface area contributed by atoms with E-state index in [0.717, 1.165) is 37.0 Å². The van der Waals surface area contributed by atoms with Gasteiger partial charge in [0.2, 0.25) is 5.91 Å². The van der Waals surface area contributed by atoms with E-state index >= 15 is 0 Å². The third-order valence-corrected chi connectivity index (χ3v) is 6.39. The van der Waals surface area contributed by atoms with E-state index in [2.05, 4.69) is 5.32 Å². The molecule has 154 valence electrons. The number of ether oxygens (including phenoxy) is 1. The molecule has 0 aromatic heterocycles. The van der Waals surface area contributed by atoms with Crippen LogP contribution in [-0.4, -0.2) is 66.3 Å². The van der Waals surface area contributed by atoms with Crippen LogP contribution < -0.4 is 5.32 Å². The van der Waals surface area contributed by atoms with Crippen molar-refractivity contribution in [3.05, 3.63) is 29.3 Å². The Balaban J connectivity index is 1.48. The number of benzene rings is 1. The number of hydrogen-bond donors (Lipinski definition) is 1. The van der Waals surface area contributed by atoms with E-state index in [4.69, 9.17) is 4.74 Å². The van der Waals surface area contributed by atoms with Gasteiger partial charge in [0.05, 0.1) is 24.8 Å². The van der Waals surface area contributed by atoms with Crippen molar-refractivity contribution < 1.29 is 23.9 Å². The van der Waals surface area contributed by atoms with Gasteiger partial charge >= 0.3 is 5.97 Å². The van der Waals surface area contributed by atoms with Gasteiger partial charge in [-0.25, -0.2) is 0 Å². The molecule has 0 bridgehead atoms. The average molecular weight is 399 g/mol. The molecule has 2 heterocycles. The number of nitrogens with zero attached hydrogens (tertiary/aromatic N) is 2. The summed E-state index contributed by atoms with van der Waals surface area (Å²) in [6, 6.07) is 4.52. The Kier molecular flexibility index (Phi) is 5.12. The number of methoxy groups -OCH3 is 1. The summed E-state index contributed by atoms with van der Waals surface area (Å²) in [5, 5.41) is 2.81. The number of anilines is 1. The van der Waals surface area contributed by atoms with Gasteiger partial charge in [-0.15, -0.1) is 0 Å². The fourth-order valence-electron chi connectivity index (χ4n) is 4.95. The van der Waals surface area contributed by atoms with Crippen LogP contribution in [0.4, 0.5) is 5.69 Å². The summed E-state index contributed by atoms with van der Waals surface area (Å²) in [5.41, 5.74) is 1.08. The molecular weight excluding hydrogens is 374 g/mol. The Labute approximate surface area is 169 Å². The van der Waals surface area contributed by atoms with Crippen LogP contribution in [0.5, 0.6) is 0 Å². The van der Waals surface area contributed by atoms with Gasteiger partial charge in [0.25, 0.3) is 11.8 Å². The molecular formula is C21H25N3O5. The monoisotopic (exact) mass is 399 g/mol. The first-order valence-electron chi connectivity index (χ1n) is 10.0. The van der Waals surface area contributed by atoms with Gasteiger partial charge < -0.3 is 10.1 Å². The van der Waals surface area contributed by atoms with Gasteiger partial charge in [-0.3, -0.25) is 29.0 Å². The molecule has 2 fully saturated rings. The molecule has 8 nitrogen and oxygen atoms in total. The number of imide groups is 1. The van der Waals surface area contributed by atoms with Gasteiger partial charge in [-0.05, 0) is 43.4 Å². The van der Waals surface area contributed by atoms with Crippen LogP contribution in [0.15, 0.2) is 18.2 Å². The smallest absolute Gasteiger partial charge is 0.323 e. The van der Waals surface area contributed by atoms with Crippen LogP contribution >= 0.6 is 0 Å². The van der Waals surface area contributed by atoms with Crippen molar-refractivity contribution in [2.75, 3.05) is 26.0 Å². The predicted molar refractivity (Wildman–Crippen MR) is 104 cm³/mol. The number of carbonyl (C=O) groups is 4. The zero-order chi connectivity index (χ0) is 20.7. The topological polar surface area (TPSA) is 96.0 Å². The van der Waals surface area contributed by atoms with Crippen LogP contribution in [0.2, 0.25) is 0 Å². The Morgan fingerprint density at radius 1 is 1.14 bits per heavy atom. The molecule has 3 unspecified atom stereocenters. The Morgan fingerprint density at radius 2 is 1.86 bits per heavy atom. The number of hydrogen-bond acceptors (Lipinski definition) is 6. The second-order valence-corrected chi connectivity index (χ2v) is 8.04. The molecule has 4 rings (SSSR count). The second kappa shape index (κ2) is 7.59. The van der Waals surface area contributed by atoms with Crippen LogP contribution in [0.3, 0.4) is 0 Å². The fraction of sp³-hybridized carbons (Fsp3) is 0.524. The van der Waals surface area contributed by atoms with E-state index < -0.39 is 6.04 Å². The van der Waals surface area contributed by atoms with Crippen molar-refractivity contribution in [2.24, 2.45) is 5.92 Å². The number of esters is 1. The van der Waals surface area contributed by atoms with Gasteiger partial charge in [-0.2, -0.15) is 0 Å². The van der Waals surface area contributed by atoms with E-state index in [1.54, 1.807) is 12.1 Å². The summed E-state index contributed by atoms with van der Waals surface area (Å²) in [5.74, 6) is -0.854. The Hall–Kier alpha value is -2.74. The molecule has 3 atom stereocenters. The summed E-state index contributed by atoms with van der Waals surface area (Å²) < 4.78 is 4.97. The standard InChI is InChI=1S/C21H25N3O5/c1-23-19(26)14-8-7-13(10-15(14)20(23)27)22-18(25)11-24-16-6-4-3-5-12(16)9-17(24)21(28)29-2/h7-8,10,12,16-17H,3-6,9,11H2,1-2H3,(H,22,25). The lowest BCUT2D eigenvalue weighted by Crippen LogP contribution is -2.46. The molecule has 3 amide bonds. The number of carbonyl (C=O) groups excluding carboxylic acids is 4. The number of rotatable bonds is 4. The highest BCUT2D eigenvalue weighted by Crippen LogP contribution is 2.40. The minimum Gasteiger partial charge on any atom is -0.468 e. The molecule has 1 N–H and O–H groups in total. The van der Waals surface area contributed by atoms with E-state index in [-0.39, 0.29) is 41.8 Å². The zero-order valence-electron chi connectivity index (χ0n) is 16.6. The summed E-state index contributed by atoms with van der Waals surface area (Å²) in [4.78, 5) is 52.2.